The number of benzene rings is 1. The molecule has 3 rings (SSSR count). The van der Waals surface area contributed by atoms with Crippen molar-refractivity contribution in [3.05, 3.63) is 53.2 Å². The van der Waals surface area contributed by atoms with Gasteiger partial charge in [0.15, 0.2) is 0 Å². The molecule has 2 N–H and O–H groups in total. The minimum Gasteiger partial charge on any atom is -0.466 e. The minimum absolute atomic E-state index is 0.0226. The Labute approximate surface area is 168 Å². The molecule has 2 heterocycles. The van der Waals surface area contributed by atoms with Crippen molar-refractivity contribution in [3.63, 3.8) is 0 Å². The monoisotopic (exact) mass is 423 g/mol. The summed E-state index contributed by atoms with van der Waals surface area (Å²) in [7, 11) is -3.84. The van der Waals surface area contributed by atoms with Gasteiger partial charge in [0.05, 0.1) is 16.4 Å². The summed E-state index contributed by atoms with van der Waals surface area (Å²) in [4.78, 5) is 24.6. The van der Waals surface area contributed by atoms with Crippen LogP contribution in [-0.2, 0) is 14.8 Å². The van der Waals surface area contributed by atoms with E-state index >= 15 is 0 Å². The number of sulfonamides is 1. The Morgan fingerprint density at radius 1 is 1.17 bits per heavy atom. The van der Waals surface area contributed by atoms with E-state index in [9.17, 15) is 22.4 Å². The van der Waals surface area contributed by atoms with Gasteiger partial charge in [0.25, 0.3) is 5.91 Å². The lowest BCUT2D eigenvalue weighted by Gasteiger charge is -2.31. The molecule has 0 radical (unpaired) electrons. The number of hydrogen-bond donors (Lipinski definition) is 2. The van der Waals surface area contributed by atoms with Crippen molar-refractivity contribution in [2.75, 3.05) is 13.1 Å². The molecule has 0 aliphatic carbocycles. The first kappa shape index (κ1) is 21.0. The average Bonchev–Trinajstić information content (AvgIpc) is 3.04. The Bertz CT molecular complexity index is 1020. The zero-order valence-electron chi connectivity index (χ0n) is 16.1. The fourth-order valence-electron chi connectivity index (χ4n) is 3.27. The fourth-order valence-corrected chi connectivity index (χ4v) is 4.80. The highest BCUT2D eigenvalue weighted by atomic mass is 32.2. The van der Waals surface area contributed by atoms with E-state index < -0.39 is 33.6 Å². The van der Waals surface area contributed by atoms with Gasteiger partial charge >= 0.3 is 0 Å². The quantitative estimate of drug-likeness (QED) is 0.730. The maximum atomic E-state index is 13.1. The molecule has 10 heteroatoms. The van der Waals surface area contributed by atoms with E-state index in [1.807, 2.05) is 0 Å². The summed E-state index contributed by atoms with van der Waals surface area (Å²) in [6.45, 7) is 3.60. The molecule has 29 heavy (non-hydrogen) atoms. The second-order valence-electron chi connectivity index (χ2n) is 6.93. The zero-order chi connectivity index (χ0) is 21.2. The van der Waals surface area contributed by atoms with Crippen molar-refractivity contribution in [2.24, 2.45) is 5.92 Å². The third-order valence-corrected chi connectivity index (χ3v) is 6.67. The van der Waals surface area contributed by atoms with E-state index in [0.717, 1.165) is 12.1 Å². The lowest BCUT2D eigenvalue weighted by Crippen LogP contribution is -2.50. The maximum Gasteiger partial charge on any atom is 0.273 e. The smallest absolute Gasteiger partial charge is 0.273 e. The molecular weight excluding hydrogens is 401 g/mol. The SMILES string of the molecule is Cc1cc(C(=O)NNC(=O)C2CCCN(S(=O)(=O)c3ccc(F)cc3)C2)c(C)o1. The minimum atomic E-state index is -3.84. The van der Waals surface area contributed by atoms with Gasteiger partial charge in [-0.3, -0.25) is 20.4 Å². The Morgan fingerprint density at radius 2 is 1.86 bits per heavy atom. The average molecular weight is 423 g/mol. The summed E-state index contributed by atoms with van der Waals surface area (Å²) in [5.74, 6) is -1.13. The molecule has 1 atom stereocenters. The van der Waals surface area contributed by atoms with Crippen LogP contribution in [0, 0.1) is 25.6 Å². The Balaban J connectivity index is 1.62. The highest BCUT2D eigenvalue weighted by Crippen LogP contribution is 2.24. The van der Waals surface area contributed by atoms with Crippen molar-refractivity contribution >= 4 is 21.8 Å². The van der Waals surface area contributed by atoms with Crippen LogP contribution in [0.15, 0.2) is 39.6 Å². The number of nitrogens with one attached hydrogen (secondary N) is 2. The molecule has 1 unspecified atom stereocenters. The third kappa shape index (κ3) is 4.65. The van der Waals surface area contributed by atoms with Gasteiger partial charge in [0, 0.05) is 13.1 Å². The summed E-state index contributed by atoms with van der Waals surface area (Å²) in [5, 5.41) is 0. The number of hydrazine groups is 1. The summed E-state index contributed by atoms with van der Waals surface area (Å²) in [5.41, 5.74) is 5.00. The molecule has 1 aromatic heterocycles. The van der Waals surface area contributed by atoms with Gasteiger partial charge in [-0.1, -0.05) is 0 Å². The van der Waals surface area contributed by atoms with Crippen LogP contribution >= 0.6 is 0 Å². The highest BCUT2D eigenvalue weighted by Gasteiger charge is 2.33. The van der Waals surface area contributed by atoms with E-state index in [0.29, 0.717) is 29.9 Å². The van der Waals surface area contributed by atoms with E-state index in [2.05, 4.69) is 10.9 Å². The molecule has 0 spiro atoms. The Morgan fingerprint density at radius 3 is 2.48 bits per heavy atom. The van der Waals surface area contributed by atoms with Gasteiger partial charge in [0.2, 0.25) is 15.9 Å². The van der Waals surface area contributed by atoms with E-state index in [1.165, 1.54) is 16.4 Å². The van der Waals surface area contributed by atoms with Crippen LogP contribution in [0.25, 0.3) is 0 Å². The molecule has 1 fully saturated rings. The molecule has 156 valence electrons. The maximum absolute atomic E-state index is 13.1. The second-order valence-corrected chi connectivity index (χ2v) is 8.86. The topological polar surface area (TPSA) is 109 Å². The molecule has 0 saturated carbocycles. The fraction of sp³-hybridized carbons (Fsp3) is 0.368. The van der Waals surface area contributed by atoms with Gasteiger partial charge in [0.1, 0.15) is 17.3 Å². The predicted molar refractivity (Wildman–Crippen MR) is 102 cm³/mol. The van der Waals surface area contributed by atoms with Crippen molar-refractivity contribution in [1.29, 1.82) is 0 Å². The van der Waals surface area contributed by atoms with Crippen LogP contribution < -0.4 is 10.9 Å². The molecular formula is C19H22FN3O5S. The number of rotatable bonds is 4. The molecule has 1 aliphatic heterocycles. The number of amides is 2. The first-order valence-electron chi connectivity index (χ1n) is 9.11. The number of furan rings is 1. The molecule has 8 nitrogen and oxygen atoms in total. The van der Waals surface area contributed by atoms with Crippen molar-refractivity contribution in [1.82, 2.24) is 15.2 Å². The van der Waals surface area contributed by atoms with Crippen LogP contribution in [0.4, 0.5) is 4.39 Å². The predicted octanol–water partition coefficient (Wildman–Crippen LogP) is 1.90. The molecule has 1 saturated heterocycles. The Hall–Kier alpha value is -2.72. The van der Waals surface area contributed by atoms with Crippen molar-refractivity contribution in [3.8, 4) is 0 Å². The van der Waals surface area contributed by atoms with Gasteiger partial charge in [-0.2, -0.15) is 4.31 Å². The van der Waals surface area contributed by atoms with Crippen molar-refractivity contribution < 1.29 is 26.8 Å². The standard InChI is InChI=1S/C19H22FN3O5S/c1-12-10-17(13(2)28-12)19(25)22-21-18(24)14-4-3-9-23(11-14)29(26,27)16-7-5-15(20)6-8-16/h5-8,10,14H,3-4,9,11H2,1-2H3,(H,21,24)(H,22,25). The first-order chi connectivity index (χ1) is 13.7. The molecule has 2 aromatic rings. The number of piperidine rings is 1. The van der Waals surface area contributed by atoms with Crippen molar-refractivity contribution in [2.45, 2.75) is 31.6 Å². The lowest BCUT2D eigenvalue weighted by molar-refractivity contribution is -0.126. The van der Waals surface area contributed by atoms with E-state index in [-0.39, 0.29) is 18.0 Å². The Kier molecular flexibility index (Phi) is 6.04. The van der Waals surface area contributed by atoms with Gasteiger partial charge in [-0.25, -0.2) is 12.8 Å². The number of aryl methyl sites for hydroxylation is 2. The van der Waals surface area contributed by atoms with Crippen LogP contribution in [0.1, 0.15) is 34.7 Å². The summed E-state index contributed by atoms with van der Waals surface area (Å²) < 4.78 is 45.1. The molecule has 1 aromatic carbocycles. The number of carbonyl (C=O) groups excluding carboxylic acids is 2. The number of halogens is 1. The molecule has 2 amide bonds. The number of carbonyl (C=O) groups is 2. The van der Waals surface area contributed by atoms with Crippen LogP contribution in [-0.4, -0.2) is 37.6 Å². The summed E-state index contributed by atoms with van der Waals surface area (Å²) in [6, 6.07) is 6.12. The van der Waals surface area contributed by atoms with Gasteiger partial charge in [-0.15, -0.1) is 0 Å². The first-order valence-corrected chi connectivity index (χ1v) is 10.6. The zero-order valence-corrected chi connectivity index (χ0v) is 16.9. The molecule has 1 aliphatic rings. The van der Waals surface area contributed by atoms with Gasteiger partial charge in [-0.05, 0) is 57.0 Å². The second kappa shape index (κ2) is 8.34. The summed E-state index contributed by atoms with van der Waals surface area (Å²) in [6.07, 6.45) is 0.980. The largest absolute Gasteiger partial charge is 0.466 e. The summed E-state index contributed by atoms with van der Waals surface area (Å²) >= 11 is 0. The third-order valence-electron chi connectivity index (χ3n) is 4.79. The van der Waals surface area contributed by atoms with E-state index in [1.54, 1.807) is 19.9 Å². The lowest BCUT2D eigenvalue weighted by atomic mass is 9.99. The van der Waals surface area contributed by atoms with E-state index in [4.69, 9.17) is 4.42 Å². The molecule has 0 bridgehead atoms. The highest BCUT2D eigenvalue weighted by molar-refractivity contribution is 7.89. The normalized spacial score (nSPS) is 17.7. The number of nitrogens with zero attached hydrogens (tertiary/aromatic N) is 1. The number of hydrogen-bond acceptors (Lipinski definition) is 5. The van der Waals surface area contributed by atoms with Crippen LogP contribution in [0.3, 0.4) is 0 Å². The van der Waals surface area contributed by atoms with Crippen LogP contribution in [0.5, 0.6) is 0 Å². The van der Waals surface area contributed by atoms with Gasteiger partial charge < -0.3 is 4.42 Å². The van der Waals surface area contributed by atoms with Crippen LogP contribution in [0.2, 0.25) is 0 Å².